The third kappa shape index (κ3) is 5.11. The van der Waals surface area contributed by atoms with Crippen molar-refractivity contribution in [2.24, 2.45) is 0 Å². The zero-order valence-corrected chi connectivity index (χ0v) is 32.5. The molecule has 274 valence electrons. The van der Waals surface area contributed by atoms with E-state index in [1.807, 2.05) is 6.07 Å². The van der Waals surface area contributed by atoms with Gasteiger partial charge in [-0.05, 0) is 78.9 Å². The first kappa shape index (κ1) is 34.1. The largest absolute Gasteiger partial charge is 0.228 e. The maximum Gasteiger partial charge on any atom is 0.160 e. The van der Waals surface area contributed by atoms with Crippen LogP contribution in [-0.4, -0.2) is 9.97 Å². The highest BCUT2D eigenvalue weighted by Gasteiger charge is 2.53. The lowest BCUT2D eigenvalue weighted by atomic mass is 9.55. The van der Waals surface area contributed by atoms with Gasteiger partial charge in [0.1, 0.15) is 0 Å². The van der Waals surface area contributed by atoms with E-state index in [-0.39, 0.29) is 5.41 Å². The molecule has 2 aliphatic rings. The molecule has 1 spiro atoms. The molecule has 58 heavy (non-hydrogen) atoms. The van der Waals surface area contributed by atoms with Gasteiger partial charge in [0.25, 0.3) is 0 Å². The SMILES string of the molecule is CC1(C)c2ccccc2C2(c3ccc(-c4ccc(-c5ccccc5)cc4)cc3-c3c(-c4cc(-c5ccccc5)nc(-c5ccccc5)n4)cccc32)c2ccccc21. The van der Waals surface area contributed by atoms with Gasteiger partial charge in [-0.2, -0.15) is 0 Å². The van der Waals surface area contributed by atoms with E-state index in [2.05, 4.69) is 214 Å². The van der Waals surface area contributed by atoms with E-state index in [4.69, 9.17) is 9.97 Å². The highest BCUT2D eigenvalue weighted by molar-refractivity contribution is 5.98. The predicted octanol–water partition coefficient (Wildman–Crippen LogP) is 13.8. The molecular formula is C56H40N2. The van der Waals surface area contributed by atoms with Gasteiger partial charge in [-0.25, -0.2) is 9.97 Å². The highest BCUT2D eigenvalue weighted by Crippen LogP contribution is 2.63. The molecule has 11 rings (SSSR count). The second-order valence-electron chi connectivity index (χ2n) is 16.1. The zero-order valence-electron chi connectivity index (χ0n) is 32.5. The van der Waals surface area contributed by atoms with Crippen LogP contribution in [0.25, 0.3) is 67.3 Å². The van der Waals surface area contributed by atoms with Crippen LogP contribution in [0.2, 0.25) is 0 Å². The molecule has 0 atom stereocenters. The molecule has 0 fully saturated rings. The molecule has 1 heterocycles. The van der Waals surface area contributed by atoms with Crippen LogP contribution >= 0.6 is 0 Å². The van der Waals surface area contributed by atoms with Crippen LogP contribution in [-0.2, 0) is 10.8 Å². The van der Waals surface area contributed by atoms with E-state index in [1.54, 1.807) is 0 Å². The van der Waals surface area contributed by atoms with Crippen molar-refractivity contribution in [1.82, 2.24) is 9.97 Å². The third-order valence-electron chi connectivity index (χ3n) is 12.6. The Kier molecular flexibility index (Phi) is 7.78. The normalized spacial score (nSPS) is 14.0. The highest BCUT2D eigenvalue weighted by atomic mass is 14.9. The molecule has 0 saturated carbocycles. The maximum absolute atomic E-state index is 5.40. The Hall–Kier alpha value is -7.16. The smallest absolute Gasteiger partial charge is 0.160 e. The van der Waals surface area contributed by atoms with E-state index in [1.165, 1.54) is 66.8 Å². The molecule has 0 N–H and O–H groups in total. The lowest BCUT2D eigenvalue weighted by Gasteiger charge is -2.46. The summed E-state index contributed by atoms with van der Waals surface area (Å²) in [7, 11) is 0. The summed E-state index contributed by atoms with van der Waals surface area (Å²) in [6.45, 7) is 4.76. The number of fused-ring (bicyclic) bond motifs is 9. The number of rotatable bonds is 5. The molecule has 0 amide bonds. The Balaban J connectivity index is 1.21. The predicted molar refractivity (Wildman–Crippen MR) is 239 cm³/mol. The van der Waals surface area contributed by atoms with Gasteiger partial charge in [-0.1, -0.05) is 208 Å². The van der Waals surface area contributed by atoms with Crippen molar-refractivity contribution in [3.8, 4) is 67.3 Å². The first-order chi connectivity index (χ1) is 28.5. The fourth-order valence-electron chi connectivity index (χ4n) is 9.90. The van der Waals surface area contributed by atoms with Crippen molar-refractivity contribution in [2.75, 3.05) is 0 Å². The summed E-state index contributed by atoms with van der Waals surface area (Å²) in [6.07, 6.45) is 0. The van der Waals surface area contributed by atoms with Crippen molar-refractivity contribution in [2.45, 2.75) is 24.7 Å². The Labute approximate surface area is 340 Å². The second-order valence-corrected chi connectivity index (χ2v) is 16.1. The van der Waals surface area contributed by atoms with Crippen LogP contribution in [0, 0.1) is 0 Å². The van der Waals surface area contributed by atoms with Crippen molar-refractivity contribution in [3.63, 3.8) is 0 Å². The molecule has 0 radical (unpaired) electrons. The summed E-state index contributed by atoms with van der Waals surface area (Å²) < 4.78 is 0. The lowest BCUT2D eigenvalue weighted by molar-refractivity contribution is 0.563. The Morgan fingerprint density at radius 3 is 1.40 bits per heavy atom. The van der Waals surface area contributed by atoms with Crippen LogP contribution in [0.1, 0.15) is 47.2 Å². The Bertz CT molecular complexity index is 2890. The fourth-order valence-corrected chi connectivity index (χ4v) is 9.90. The van der Waals surface area contributed by atoms with E-state index in [0.717, 1.165) is 28.1 Å². The fraction of sp³-hybridized carbons (Fsp3) is 0.0714. The van der Waals surface area contributed by atoms with Gasteiger partial charge >= 0.3 is 0 Å². The van der Waals surface area contributed by atoms with Gasteiger partial charge in [-0.15, -0.1) is 0 Å². The second kappa shape index (κ2) is 13.2. The van der Waals surface area contributed by atoms with E-state index in [0.29, 0.717) is 5.82 Å². The van der Waals surface area contributed by atoms with Gasteiger partial charge in [0.05, 0.1) is 16.8 Å². The molecule has 1 aromatic heterocycles. The van der Waals surface area contributed by atoms with Crippen LogP contribution in [0.15, 0.2) is 206 Å². The topological polar surface area (TPSA) is 25.8 Å². The van der Waals surface area contributed by atoms with Gasteiger partial charge in [0.2, 0.25) is 0 Å². The number of nitrogens with zero attached hydrogens (tertiary/aromatic N) is 2. The molecular weight excluding hydrogens is 701 g/mol. The number of hydrogen-bond acceptors (Lipinski definition) is 2. The molecule has 0 aliphatic heterocycles. The Morgan fingerprint density at radius 1 is 0.310 bits per heavy atom. The molecule has 8 aromatic carbocycles. The first-order valence-electron chi connectivity index (χ1n) is 20.2. The van der Waals surface area contributed by atoms with Crippen molar-refractivity contribution in [3.05, 3.63) is 240 Å². The lowest BCUT2D eigenvalue weighted by Crippen LogP contribution is -2.40. The molecule has 9 aromatic rings. The number of benzene rings is 8. The quantitative estimate of drug-likeness (QED) is 0.176. The van der Waals surface area contributed by atoms with Crippen LogP contribution in [0.3, 0.4) is 0 Å². The minimum absolute atomic E-state index is 0.179. The summed E-state index contributed by atoms with van der Waals surface area (Å²) in [5, 5.41) is 0. The van der Waals surface area contributed by atoms with E-state index < -0.39 is 5.41 Å². The average Bonchev–Trinajstić information content (AvgIpc) is 3.59. The first-order valence-corrected chi connectivity index (χ1v) is 20.2. The molecule has 0 saturated heterocycles. The van der Waals surface area contributed by atoms with E-state index in [9.17, 15) is 0 Å². The number of aromatic nitrogens is 2. The van der Waals surface area contributed by atoms with Gasteiger partial charge in [0, 0.05) is 22.1 Å². The van der Waals surface area contributed by atoms with Crippen molar-refractivity contribution >= 4 is 0 Å². The molecule has 2 heteroatoms. The van der Waals surface area contributed by atoms with Crippen LogP contribution in [0.4, 0.5) is 0 Å². The zero-order chi connectivity index (χ0) is 38.8. The summed E-state index contributed by atoms with van der Waals surface area (Å²) in [4.78, 5) is 10.6. The molecule has 2 aliphatic carbocycles. The summed E-state index contributed by atoms with van der Waals surface area (Å²) in [5.74, 6) is 0.713. The average molecular weight is 741 g/mol. The minimum Gasteiger partial charge on any atom is -0.228 e. The van der Waals surface area contributed by atoms with E-state index >= 15 is 0 Å². The monoisotopic (exact) mass is 740 g/mol. The van der Waals surface area contributed by atoms with Crippen molar-refractivity contribution < 1.29 is 0 Å². The van der Waals surface area contributed by atoms with Gasteiger partial charge < -0.3 is 0 Å². The maximum atomic E-state index is 5.40. The van der Waals surface area contributed by atoms with Crippen LogP contribution < -0.4 is 0 Å². The van der Waals surface area contributed by atoms with Gasteiger partial charge in [-0.3, -0.25) is 0 Å². The summed E-state index contributed by atoms with van der Waals surface area (Å²) in [5.41, 5.74) is 19.5. The number of hydrogen-bond donors (Lipinski definition) is 0. The minimum atomic E-state index is -0.531. The van der Waals surface area contributed by atoms with Crippen molar-refractivity contribution in [1.29, 1.82) is 0 Å². The van der Waals surface area contributed by atoms with Gasteiger partial charge in [0.15, 0.2) is 5.82 Å². The Morgan fingerprint density at radius 2 is 0.776 bits per heavy atom. The summed E-state index contributed by atoms with van der Waals surface area (Å²) >= 11 is 0. The third-order valence-corrected chi connectivity index (χ3v) is 12.6. The molecule has 0 bridgehead atoms. The molecule has 2 nitrogen and oxygen atoms in total. The summed E-state index contributed by atoms with van der Waals surface area (Å²) in [6, 6.07) is 75.0. The van der Waals surface area contributed by atoms with Crippen LogP contribution in [0.5, 0.6) is 0 Å². The standard InChI is InChI=1S/C56H40N2/c1-55(2)46-24-12-14-26-48(46)56(49-27-15-13-25-47(49)55)45-34-33-42(39-31-29-38(30-32-39)37-17-6-3-7-18-37)35-44(45)53-43(23-16-28-50(53)56)52-36-51(40-19-8-4-9-20-40)57-54(58-52)41-21-10-5-11-22-41/h3-36H,1-2H3. The molecule has 0 unspecified atom stereocenters.